The molecule has 2 heterocycles. The second kappa shape index (κ2) is 8.90. The number of rotatable bonds is 8. The van der Waals surface area contributed by atoms with Crippen molar-refractivity contribution in [3.8, 4) is 5.75 Å². The fraction of sp³-hybridized carbons (Fsp3) is 0.421. The van der Waals surface area contributed by atoms with Crippen LogP contribution in [-0.2, 0) is 16.1 Å². The van der Waals surface area contributed by atoms with Crippen LogP contribution in [0.4, 0.5) is 5.69 Å². The minimum Gasteiger partial charge on any atom is -0.495 e. The number of anilines is 1. The van der Waals surface area contributed by atoms with Crippen molar-refractivity contribution in [3.05, 3.63) is 41.9 Å². The first kappa shape index (κ1) is 19.2. The predicted molar refractivity (Wildman–Crippen MR) is 103 cm³/mol. The molecule has 1 N–H and O–H groups in total. The van der Waals surface area contributed by atoms with Gasteiger partial charge >= 0.3 is 0 Å². The third-order valence-corrected chi connectivity index (χ3v) is 4.86. The molecule has 1 aromatic heterocycles. The fourth-order valence-electron chi connectivity index (χ4n) is 3.18. The second-order valence-electron chi connectivity index (χ2n) is 6.52. The fourth-order valence-corrected chi connectivity index (χ4v) is 3.35. The number of benzene rings is 1. The Morgan fingerprint density at radius 3 is 3.00 bits per heavy atom. The molecule has 8 heteroatoms. The average Bonchev–Trinajstić information content (AvgIpc) is 3.31. The van der Waals surface area contributed by atoms with Gasteiger partial charge in [-0.15, -0.1) is 0 Å². The van der Waals surface area contributed by atoms with Crippen molar-refractivity contribution in [2.24, 2.45) is 5.92 Å². The van der Waals surface area contributed by atoms with Gasteiger partial charge in [0.25, 0.3) is 0 Å². The lowest BCUT2D eigenvalue weighted by atomic mass is 10.1. The normalized spacial score (nSPS) is 16.6. The standard InChI is InChI=1S/C19H23ClN4O3/c1-27-17-5-4-15(20)11-16(17)24-12-14(10-18(24)25)19(26)22-6-2-3-8-23-9-7-21-13-23/h4-5,7,9,11,13-14H,2-3,6,8,10,12H2,1H3,(H,22,26). The number of aryl methyl sites for hydroxylation is 1. The molecule has 0 saturated carbocycles. The van der Waals surface area contributed by atoms with Gasteiger partial charge < -0.3 is 19.5 Å². The van der Waals surface area contributed by atoms with E-state index in [1.54, 1.807) is 42.7 Å². The van der Waals surface area contributed by atoms with E-state index in [4.69, 9.17) is 16.3 Å². The molecule has 2 aromatic rings. The van der Waals surface area contributed by atoms with Crippen molar-refractivity contribution < 1.29 is 14.3 Å². The summed E-state index contributed by atoms with van der Waals surface area (Å²) in [6, 6.07) is 5.12. The van der Waals surface area contributed by atoms with E-state index < -0.39 is 0 Å². The lowest BCUT2D eigenvalue weighted by Gasteiger charge is -2.19. The van der Waals surface area contributed by atoms with Crippen molar-refractivity contribution in [2.45, 2.75) is 25.8 Å². The van der Waals surface area contributed by atoms with Crippen molar-refractivity contribution >= 4 is 29.1 Å². The van der Waals surface area contributed by atoms with Gasteiger partial charge in [0.05, 0.1) is 25.0 Å². The topological polar surface area (TPSA) is 76.5 Å². The van der Waals surface area contributed by atoms with Gasteiger partial charge in [0, 0.05) is 43.5 Å². The van der Waals surface area contributed by atoms with Crippen molar-refractivity contribution in [1.82, 2.24) is 14.9 Å². The van der Waals surface area contributed by atoms with E-state index in [2.05, 4.69) is 10.3 Å². The number of hydrogen-bond acceptors (Lipinski definition) is 4. The summed E-state index contributed by atoms with van der Waals surface area (Å²) in [5, 5.41) is 3.46. The molecule has 7 nitrogen and oxygen atoms in total. The quantitative estimate of drug-likeness (QED) is 0.702. The summed E-state index contributed by atoms with van der Waals surface area (Å²) in [7, 11) is 1.54. The first-order chi connectivity index (χ1) is 13.1. The van der Waals surface area contributed by atoms with Crippen LogP contribution in [0.15, 0.2) is 36.9 Å². The smallest absolute Gasteiger partial charge is 0.227 e. The highest BCUT2D eigenvalue weighted by Crippen LogP contribution is 2.35. The number of ether oxygens (including phenoxy) is 1. The molecule has 1 saturated heterocycles. The van der Waals surface area contributed by atoms with Gasteiger partial charge in [0.1, 0.15) is 5.75 Å². The number of carbonyl (C=O) groups excluding carboxylic acids is 2. The molecule has 1 fully saturated rings. The maximum Gasteiger partial charge on any atom is 0.227 e. The number of nitrogens with one attached hydrogen (secondary N) is 1. The van der Waals surface area contributed by atoms with Crippen LogP contribution in [0.1, 0.15) is 19.3 Å². The third kappa shape index (κ3) is 4.80. The number of aromatic nitrogens is 2. The van der Waals surface area contributed by atoms with Crippen LogP contribution in [0.3, 0.4) is 0 Å². The molecule has 2 amide bonds. The molecule has 3 rings (SSSR count). The third-order valence-electron chi connectivity index (χ3n) is 4.63. The van der Waals surface area contributed by atoms with Gasteiger partial charge in [-0.2, -0.15) is 0 Å². The van der Waals surface area contributed by atoms with Gasteiger partial charge in [-0.25, -0.2) is 4.98 Å². The summed E-state index contributed by atoms with van der Waals surface area (Å²) in [6.45, 7) is 1.80. The van der Waals surface area contributed by atoms with Crippen LogP contribution in [-0.4, -0.2) is 41.6 Å². The first-order valence-corrected chi connectivity index (χ1v) is 9.33. The molecule has 27 heavy (non-hydrogen) atoms. The maximum absolute atomic E-state index is 12.4. The van der Waals surface area contributed by atoms with Crippen LogP contribution < -0.4 is 15.0 Å². The second-order valence-corrected chi connectivity index (χ2v) is 6.96. The number of methoxy groups -OCH3 is 1. The monoisotopic (exact) mass is 390 g/mol. The Labute approximate surface area is 163 Å². The van der Waals surface area contributed by atoms with E-state index in [1.807, 2.05) is 10.8 Å². The molecule has 144 valence electrons. The molecule has 1 aromatic carbocycles. The Kier molecular flexibility index (Phi) is 6.34. The van der Waals surface area contributed by atoms with Crippen LogP contribution in [0, 0.1) is 5.92 Å². The van der Waals surface area contributed by atoms with E-state index in [9.17, 15) is 9.59 Å². The molecule has 1 unspecified atom stereocenters. The predicted octanol–water partition coefficient (Wildman–Crippen LogP) is 2.49. The van der Waals surface area contributed by atoms with Gasteiger partial charge in [-0.3, -0.25) is 9.59 Å². The summed E-state index contributed by atoms with van der Waals surface area (Å²) in [6.07, 6.45) is 7.46. The number of hydrogen-bond donors (Lipinski definition) is 1. The number of unbranched alkanes of at least 4 members (excludes halogenated alkanes) is 1. The largest absolute Gasteiger partial charge is 0.495 e. The first-order valence-electron chi connectivity index (χ1n) is 8.96. The van der Waals surface area contributed by atoms with Gasteiger partial charge in [0.15, 0.2) is 0 Å². The number of carbonyl (C=O) groups is 2. The Balaban J connectivity index is 1.49. The lowest BCUT2D eigenvalue weighted by molar-refractivity contribution is -0.126. The number of nitrogens with zero attached hydrogens (tertiary/aromatic N) is 3. The van der Waals surface area contributed by atoms with Crippen LogP contribution in [0.25, 0.3) is 0 Å². The summed E-state index contributed by atoms with van der Waals surface area (Å²) < 4.78 is 7.33. The average molecular weight is 391 g/mol. The summed E-state index contributed by atoms with van der Waals surface area (Å²) in [5.74, 6) is 0.00782. The zero-order chi connectivity index (χ0) is 19.2. The highest BCUT2D eigenvalue weighted by molar-refractivity contribution is 6.31. The van der Waals surface area contributed by atoms with E-state index in [0.29, 0.717) is 29.5 Å². The van der Waals surface area contributed by atoms with Gasteiger partial charge in [-0.05, 0) is 31.0 Å². The van der Waals surface area contributed by atoms with E-state index in [-0.39, 0.29) is 24.2 Å². The molecule has 1 aliphatic heterocycles. The van der Waals surface area contributed by atoms with Crippen LogP contribution >= 0.6 is 11.6 Å². The van der Waals surface area contributed by atoms with Crippen molar-refractivity contribution in [3.63, 3.8) is 0 Å². The van der Waals surface area contributed by atoms with Crippen LogP contribution in [0.2, 0.25) is 5.02 Å². The zero-order valence-electron chi connectivity index (χ0n) is 15.2. The van der Waals surface area contributed by atoms with Gasteiger partial charge in [-0.1, -0.05) is 11.6 Å². The molecule has 0 aliphatic carbocycles. The number of amides is 2. The summed E-state index contributed by atoms with van der Waals surface area (Å²) in [5.41, 5.74) is 0.602. The number of imidazole rings is 1. The van der Waals surface area contributed by atoms with Crippen molar-refractivity contribution in [1.29, 1.82) is 0 Å². The van der Waals surface area contributed by atoms with Crippen molar-refractivity contribution in [2.75, 3.05) is 25.1 Å². The van der Waals surface area contributed by atoms with E-state index >= 15 is 0 Å². The Morgan fingerprint density at radius 1 is 1.41 bits per heavy atom. The lowest BCUT2D eigenvalue weighted by Crippen LogP contribution is -2.33. The van der Waals surface area contributed by atoms with Gasteiger partial charge in [0.2, 0.25) is 11.8 Å². The molecule has 0 radical (unpaired) electrons. The Bertz CT molecular complexity index is 794. The van der Waals surface area contributed by atoms with E-state index in [0.717, 1.165) is 19.4 Å². The zero-order valence-corrected chi connectivity index (χ0v) is 16.0. The molecule has 1 atom stereocenters. The van der Waals surface area contributed by atoms with Crippen LogP contribution in [0.5, 0.6) is 5.75 Å². The molecular formula is C19H23ClN4O3. The minimum absolute atomic E-state index is 0.0884. The molecule has 0 bridgehead atoms. The summed E-state index contributed by atoms with van der Waals surface area (Å²) in [4.78, 5) is 30.4. The summed E-state index contributed by atoms with van der Waals surface area (Å²) >= 11 is 6.06. The highest BCUT2D eigenvalue weighted by atomic mass is 35.5. The van der Waals surface area contributed by atoms with E-state index in [1.165, 1.54) is 0 Å². The SMILES string of the molecule is COc1ccc(Cl)cc1N1CC(C(=O)NCCCCn2ccnc2)CC1=O. The Hall–Kier alpha value is -2.54. The minimum atomic E-state index is -0.366. The number of halogens is 1. The molecular weight excluding hydrogens is 368 g/mol. The Morgan fingerprint density at radius 2 is 2.26 bits per heavy atom. The maximum atomic E-state index is 12.4. The highest BCUT2D eigenvalue weighted by Gasteiger charge is 2.36. The molecule has 1 aliphatic rings. The molecule has 0 spiro atoms.